The zero-order valence-electron chi connectivity index (χ0n) is 10.3. The van der Waals surface area contributed by atoms with E-state index in [4.69, 9.17) is 5.11 Å². The number of carbonyl (C=O) groups excluding carboxylic acids is 1. The fourth-order valence-corrected chi connectivity index (χ4v) is 3.76. The SMILES string of the molecule is O=C(O)C1CCC(C(=O)N2CCS(=O)CC2)CC1. The first kappa shape index (κ1) is 13.5. The highest BCUT2D eigenvalue weighted by atomic mass is 32.2. The van der Waals surface area contributed by atoms with Gasteiger partial charge < -0.3 is 10.0 Å². The highest BCUT2D eigenvalue weighted by molar-refractivity contribution is 7.85. The van der Waals surface area contributed by atoms with E-state index in [1.165, 1.54) is 0 Å². The zero-order chi connectivity index (χ0) is 13.1. The van der Waals surface area contributed by atoms with Crippen LogP contribution in [0.2, 0.25) is 0 Å². The maximum Gasteiger partial charge on any atom is 0.306 e. The number of nitrogens with zero attached hydrogens (tertiary/aromatic N) is 1. The van der Waals surface area contributed by atoms with Crippen molar-refractivity contribution in [2.45, 2.75) is 25.7 Å². The van der Waals surface area contributed by atoms with Crippen molar-refractivity contribution in [3.63, 3.8) is 0 Å². The van der Waals surface area contributed by atoms with Gasteiger partial charge in [-0.05, 0) is 25.7 Å². The lowest BCUT2D eigenvalue weighted by atomic mass is 9.81. The highest BCUT2D eigenvalue weighted by Crippen LogP contribution is 2.30. The third-order valence-electron chi connectivity index (χ3n) is 3.92. The molecule has 1 amide bonds. The van der Waals surface area contributed by atoms with E-state index in [0.717, 1.165) is 0 Å². The molecular weight excluding hydrogens is 254 g/mol. The van der Waals surface area contributed by atoms with Crippen molar-refractivity contribution in [1.29, 1.82) is 0 Å². The van der Waals surface area contributed by atoms with E-state index < -0.39 is 16.8 Å². The van der Waals surface area contributed by atoms with Crippen LogP contribution in [0.4, 0.5) is 0 Å². The van der Waals surface area contributed by atoms with Gasteiger partial charge in [0.1, 0.15) is 0 Å². The first-order chi connectivity index (χ1) is 8.58. The van der Waals surface area contributed by atoms with Gasteiger partial charge in [-0.1, -0.05) is 0 Å². The number of carboxylic acid groups (broad SMARTS) is 1. The predicted molar refractivity (Wildman–Crippen MR) is 67.5 cm³/mol. The molecule has 1 heterocycles. The van der Waals surface area contributed by atoms with Crippen LogP contribution in [0.25, 0.3) is 0 Å². The molecule has 0 radical (unpaired) electrons. The summed E-state index contributed by atoms with van der Waals surface area (Å²) in [7, 11) is -0.766. The van der Waals surface area contributed by atoms with Gasteiger partial charge in [0.25, 0.3) is 0 Å². The Morgan fingerprint density at radius 1 is 1.00 bits per heavy atom. The van der Waals surface area contributed by atoms with Crippen LogP contribution >= 0.6 is 0 Å². The number of hydrogen-bond donors (Lipinski definition) is 1. The van der Waals surface area contributed by atoms with Gasteiger partial charge >= 0.3 is 5.97 Å². The van der Waals surface area contributed by atoms with Crippen molar-refractivity contribution in [2.24, 2.45) is 11.8 Å². The molecule has 0 aromatic rings. The van der Waals surface area contributed by atoms with Gasteiger partial charge in [-0.2, -0.15) is 0 Å². The normalized spacial score (nSPS) is 30.1. The van der Waals surface area contributed by atoms with E-state index in [1.54, 1.807) is 4.90 Å². The Balaban J connectivity index is 1.84. The average Bonchev–Trinajstić information content (AvgIpc) is 2.39. The zero-order valence-corrected chi connectivity index (χ0v) is 11.2. The fourth-order valence-electron chi connectivity index (χ4n) is 2.70. The molecule has 1 aliphatic heterocycles. The van der Waals surface area contributed by atoms with E-state index in [9.17, 15) is 13.8 Å². The molecule has 0 aromatic heterocycles. The molecule has 0 atom stereocenters. The molecule has 6 heteroatoms. The van der Waals surface area contributed by atoms with E-state index >= 15 is 0 Å². The number of hydrogen-bond acceptors (Lipinski definition) is 3. The number of rotatable bonds is 2. The van der Waals surface area contributed by atoms with Gasteiger partial charge in [-0.25, -0.2) is 0 Å². The van der Waals surface area contributed by atoms with Crippen LogP contribution in [0.1, 0.15) is 25.7 Å². The Labute approximate surface area is 109 Å². The molecule has 0 unspecified atom stereocenters. The molecule has 1 saturated heterocycles. The molecule has 102 valence electrons. The van der Waals surface area contributed by atoms with E-state index in [1.807, 2.05) is 0 Å². The molecule has 1 saturated carbocycles. The van der Waals surface area contributed by atoms with Crippen LogP contribution in [0.5, 0.6) is 0 Å². The molecule has 5 nitrogen and oxygen atoms in total. The van der Waals surface area contributed by atoms with Crippen molar-refractivity contribution in [2.75, 3.05) is 24.6 Å². The third kappa shape index (κ3) is 3.10. The minimum atomic E-state index is -0.766. The van der Waals surface area contributed by atoms with Crippen molar-refractivity contribution in [3.8, 4) is 0 Å². The van der Waals surface area contributed by atoms with Crippen LogP contribution in [-0.2, 0) is 20.4 Å². The summed E-state index contributed by atoms with van der Waals surface area (Å²) in [5, 5.41) is 8.91. The van der Waals surface area contributed by atoms with Crippen LogP contribution in [0.15, 0.2) is 0 Å². The first-order valence-electron chi connectivity index (χ1n) is 6.44. The lowest BCUT2D eigenvalue weighted by molar-refractivity contribution is -0.145. The summed E-state index contributed by atoms with van der Waals surface area (Å²) in [6.45, 7) is 1.18. The van der Waals surface area contributed by atoms with Gasteiger partial charge in [0.15, 0.2) is 0 Å². The Morgan fingerprint density at radius 3 is 2.00 bits per heavy atom. The van der Waals surface area contributed by atoms with Gasteiger partial charge in [-0.3, -0.25) is 13.8 Å². The summed E-state index contributed by atoms with van der Waals surface area (Å²) in [6, 6.07) is 0. The molecule has 2 fully saturated rings. The van der Waals surface area contributed by atoms with E-state index in [0.29, 0.717) is 50.3 Å². The Bertz CT molecular complexity index is 353. The van der Waals surface area contributed by atoms with Crippen molar-refractivity contribution in [1.82, 2.24) is 4.90 Å². The standard InChI is InChI=1S/C12H19NO4S/c14-11(13-5-7-18(17)8-6-13)9-1-3-10(4-2-9)12(15)16/h9-10H,1-8H2,(H,15,16). The van der Waals surface area contributed by atoms with Crippen molar-refractivity contribution < 1.29 is 18.9 Å². The molecule has 0 aromatic carbocycles. The third-order valence-corrected chi connectivity index (χ3v) is 5.19. The van der Waals surface area contributed by atoms with E-state index in [-0.39, 0.29) is 17.7 Å². The molecule has 0 bridgehead atoms. The van der Waals surface area contributed by atoms with Crippen molar-refractivity contribution >= 4 is 22.7 Å². The first-order valence-corrected chi connectivity index (χ1v) is 7.93. The van der Waals surface area contributed by atoms with Crippen LogP contribution in [0.3, 0.4) is 0 Å². The Morgan fingerprint density at radius 2 is 1.50 bits per heavy atom. The van der Waals surface area contributed by atoms with Crippen LogP contribution in [0, 0.1) is 11.8 Å². The lowest BCUT2D eigenvalue weighted by Gasteiger charge is -2.32. The van der Waals surface area contributed by atoms with Crippen LogP contribution < -0.4 is 0 Å². The fraction of sp³-hybridized carbons (Fsp3) is 0.833. The Kier molecular flexibility index (Phi) is 4.37. The second kappa shape index (κ2) is 5.82. The molecular formula is C12H19NO4S. The predicted octanol–water partition coefficient (Wildman–Crippen LogP) is 0.468. The number of aliphatic carboxylic acids is 1. The molecule has 1 N–H and O–H groups in total. The number of carbonyl (C=O) groups is 2. The summed E-state index contributed by atoms with van der Waals surface area (Å²) < 4.78 is 11.2. The number of carboxylic acids is 1. The maximum atomic E-state index is 12.2. The second-order valence-electron chi connectivity index (χ2n) is 5.06. The average molecular weight is 273 g/mol. The van der Waals surface area contributed by atoms with E-state index in [2.05, 4.69) is 0 Å². The highest BCUT2D eigenvalue weighted by Gasteiger charge is 2.32. The lowest BCUT2D eigenvalue weighted by Crippen LogP contribution is -2.45. The smallest absolute Gasteiger partial charge is 0.306 e. The minimum absolute atomic E-state index is 0.0212. The molecule has 18 heavy (non-hydrogen) atoms. The molecule has 2 rings (SSSR count). The largest absolute Gasteiger partial charge is 0.481 e. The summed E-state index contributed by atoms with van der Waals surface area (Å²) in [4.78, 5) is 24.9. The van der Waals surface area contributed by atoms with Gasteiger partial charge in [0.05, 0.1) is 5.92 Å². The summed E-state index contributed by atoms with van der Waals surface area (Å²) in [5.41, 5.74) is 0. The van der Waals surface area contributed by atoms with Crippen LogP contribution in [-0.4, -0.2) is 50.7 Å². The Hall–Kier alpha value is -0.910. The van der Waals surface area contributed by atoms with Gasteiger partial charge in [0, 0.05) is 41.3 Å². The van der Waals surface area contributed by atoms with Crippen molar-refractivity contribution in [3.05, 3.63) is 0 Å². The quantitative estimate of drug-likeness (QED) is 0.793. The molecule has 2 aliphatic rings. The summed E-state index contributed by atoms with van der Waals surface area (Å²) >= 11 is 0. The summed E-state index contributed by atoms with van der Waals surface area (Å²) in [5.74, 6) is 0.256. The molecule has 0 spiro atoms. The topological polar surface area (TPSA) is 74.7 Å². The summed E-state index contributed by atoms with van der Waals surface area (Å²) in [6.07, 6.45) is 2.56. The maximum absolute atomic E-state index is 12.2. The van der Waals surface area contributed by atoms with Gasteiger partial charge in [-0.15, -0.1) is 0 Å². The minimum Gasteiger partial charge on any atom is -0.481 e. The molecule has 1 aliphatic carbocycles. The monoisotopic (exact) mass is 273 g/mol. The second-order valence-corrected chi connectivity index (χ2v) is 6.76. The number of amides is 1. The van der Waals surface area contributed by atoms with Gasteiger partial charge in [0.2, 0.25) is 5.91 Å².